The minimum Gasteiger partial charge on any atom is -0.358 e. The normalized spacial score (nSPS) is 31.2. The Balaban J connectivity index is 1.15. The standard InChI is InChI=1S/C27H33Cl2N5O3/c1-18-24(29)25(34(36)37)30-33(18)27-13-20-9-21(14-27)12-26(11-20,17-27)15-23(35)32-7-5-31(6-8-32)16-19-3-2-4-22(28)10-19/h2-4,10,20-21H,5-9,11-17H2,1H3. The molecule has 0 spiro atoms. The first kappa shape index (κ1) is 25.1. The Morgan fingerprint density at radius 1 is 1.14 bits per heavy atom. The van der Waals surface area contributed by atoms with E-state index in [2.05, 4.69) is 16.1 Å². The van der Waals surface area contributed by atoms with Crippen molar-refractivity contribution in [3.05, 3.63) is 55.7 Å². The van der Waals surface area contributed by atoms with Gasteiger partial charge in [-0.15, -0.1) is 0 Å². The van der Waals surface area contributed by atoms with Crippen LogP contribution in [0.4, 0.5) is 5.82 Å². The van der Waals surface area contributed by atoms with Crippen LogP contribution in [0.5, 0.6) is 0 Å². The van der Waals surface area contributed by atoms with E-state index in [9.17, 15) is 14.9 Å². The van der Waals surface area contributed by atoms with Crippen molar-refractivity contribution in [1.82, 2.24) is 19.6 Å². The highest BCUT2D eigenvalue weighted by Gasteiger charge is 2.61. The lowest BCUT2D eigenvalue weighted by atomic mass is 9.46. The molecular weight excluding hydrogens is 513 g/mol. The van der Waals surface area contributed by atoms with Crippen LogP contribution in [0, 0.1) is 34.3 Å². The molecule has 4 bridgehead atoms. The summed E-state index contributed by atoms with van der Waals surface area (Å²) >= 11 is 12.5. The van der Waals surface area contributed by atoms with Gasteiger partial charge in [0.15, 0.2) is 5.02 Å². The van der Waals surface area contributed by atoms with Crippen LogP contribution in [0.2, 0.25) is 10.0 Å². The number of benzene rings is 1. The monoisotopic (exact) mass is 545 g/mol. The third-order valence-electron chi connectivity index (χ3n) is 9.35. The van der Waals surface area contributed by atoms with Gasteiger partial charge in [0, 0.05) is 44.2 Å². The molecule has 1 aromatic heterocycles. The highest BCUT2D eigenvalue weighted by Crippen LogP contribution is 2.65. The molecule has 0 radical (unpaired) electrons. The third-order valence-corrected chi connectivity index (χ3v) is 10.0. The van der Waals surface area contributed by atoms with Gasteiger partial charge in [-0.1, -0.05) is 35.3 Å². The van der Waals surface area contributed by atoms with Crippen LogP contribution in [0.25, 0.3) is 0 Å². The maximum absolute atomic E-state index is 13.6. The number of piperazine rings is 1. The molecule has 37 heavy (non-hydrogen) atoms. The molecule has 2 atom stereocenters. The molecule has 2 heterocycles. The van der Waals surface area contributed by atoms with E-state index in [1.165, 1.54) is 12.0 Å². The fourth-order valence-electron chi connectivity index (χ4n) is 8.38. The van der Waals surface area contributed by atoms with Crippen LogP contribution in [0.15, 0.2) is 24.3 Å². The van der Waals surface area contributed by atoms with Gasteiger partial charge < -0.3 is 15.0 Å². The van der Waals surface area contributed by atoms with E-state index in [4.69, 9.17) is 23.2 Å². The number of aromatic nitrogens is 2. The Labute approximate surface area is 227 Å². The minimum absolute atomic E-state index is 0.0568. The van der Waals surface area contributed by atoms with Crippen LogP contribution in [0.3, 0.4) is 0 Å². The van der Waals surface area contributed by atoms with Gasteiger partial charge in [-0.3, -0.25) is 9.69 Å². The van der Waals surface area contributed by atoms with Crippen molar-refractivity contribution in [3.8, 4) is 0 Å². The van der Waals surface area contributed by atoms with Crippen molar-refractivity contribution < 1.29 is 9.72 Å². The molecule has 7 rings (SSSR count). The van der Waals surface area contributed by atoms with Gasteiger partial charge in [-0.25, -0.2) is 0 Å². The predicted octanol–water partition coefficient (Wildman–Crippen LogP) is 5.44. The molecule has 2 unspecified atom stereocenters. The highest BCUT2D eigenvalue weighted by molar-refractivity contribution is 6.33. The van der Waals surface area contributed by atoms with Crippen LogP contribution < -0.4 is 0 Å². The Kier molecular flexibility index (Phi) is 6.28. The summed E-state index contributed by atoms with van der Waals surface area (Å²) in [7, 11) is 0. The second-order valence-corrected chi connectivity index (χ2v) is 12.9. The zero-order chi connectivity index (χ0) is 25.9. The molecule has 4 saturated carbocycles. The maximum atomic E-state index is 13.6. The number of nitrogens with zero attached hydrogens (tertiary/aromatic N) is 5. The van der Waals surface area contributed by atoms with Gasteiger partial charge in [-0.05, 0) is 85.3 Å². The number of rotatable bonds is 6. The van der Waals surface area contributed by atoms with Gasteiger partial charge in [0.05, 0.1) is 16.3 Å². The zero-order valence-corrected chi connectivity index (χ0v) is 22.7. The summed E-state index contributed by atoms with van der Waals surface area (Å²) in [5, 5.41) is 16.8. The second-order valence-electron chi connectivity index (χ2n) is 12.0. The number of nitro groups is 1. The maximum Gasteiger partial charge on any atom is 0.408 e. The lowest BCUT2D eigenvalue weighted by molar-refractivity contribution is -0.389. The molecule has 1 aromatic carbocycles. The van der Waals surface area contributed by atoms with E-state index < -0.39 is 4.92 Å². The fourth-order valence-corrected chi connectivity index (χ4v) is 8.78. The Morgan fingerprint density at radius 3 is 2.46 bits per heavy atom. The fraction of sp³-hybridized carbons (Fsp3) is 0.630. The minimum atomic E-state index is -0.488. The number of amides is 1. The average Bonchev–Trinajstić information content (AvgIpc) is 3.14. The van der Waals surface area contributed by atoms with E-state index in [1.807, 2.05) is 34.7 Å². The van der Waals surface area contributed by atoms with Crippen molar-refractivity contribution >= 4 is 34.9 Å². The quantitative estimate of drug-likeness (QED) is 0.356. The molecule has 5 aliphatic rings. The lowest BCUT2D eigenvalue weighted by Gasteiger charge is -2.61. The molecule has 198 valence electrons. The van der Waals surface area contributed by atoms with Crippen molar-refractivity contribution in [3.63, 3.8) is 0 Å². The van der Waals surface area contributed by atoms with Crippen molar-refractivity contribution in [2.75, 3.05) is 26.2 Å². The van der Waals surface area contributed by atoms with Gasteiger partial charge in [0.25, 0.3) is 0 Å². The van der Waals surface area contributed by atoms with Crippen molar-refractivity contribution in [1.29, 1.82) is 0 Å². The molecule has 10 heteroatoms. The summed E-state index contributed by atoms with van der Waals surface area (Å²) in [5.74, 6) is 1.06. The second kappa shape index (κ2) is 9.24. The van der Waals surface area contributed by atoms with Gasteiger partial charge in [-0.2, -0.15) is 4.68 Å². The first-order chi connectivity index (χ1) is 17.7. The van der Waals surface area contributed by atoms with Crippen LogP contribution in [0.1, 0.15) is 56.2 Å². The zero-order valence-electron chi connectivity index (χ0n) is 21.2. The Bertz CT molecular complexity index is 1220. The number of carbonyl (C=O) groups excluding carboxylic acids is 1. The van der Waals surface area contributed by atoms with Crippen LogP contribution in [-0.2, 0) is 16.9 Å². The van der Waals surface area contributed by atoms with Gasteiger partial charge >= 0.3 is 5.82 Å². The molecule has 4 aliphatic carbocycles. The molecule has 5 fully saturated rings. The van der Waals surface area contributed by atoms with Gasteiger partial charge in [0.2, 0.25) is 5.91 Å². The smallest absolute Gasteiger partial charge is 0.358 e. The summed E-state index contributed by atoms with van der Waals surface area (Å²) in [6.45, 7) is 5.88. The topological polar surface area (TPSA) is 84.5 Å². The number of hydrogen-bond donors (Lipinski definition) is 0. The van der Waals surface area contributed by atoms with Crippen molar-refractivity contribution in [2.45, 2.75) is 64.0 Å². The van der Waals surface area contributed by atoms with E-state index in [0.29, 0.717) is 24.0 Å². The summed E-state index contributed by atoms with van der Waals surface area (Å²) in [6, 6.07) is 7.97. The summed E-state index contributed by atoms with van der Waals surface area (Å²) in [4.78, 5) is 29.1. The molecular formula is C27H33Cl2N5O3. The number of carbonyl (C=O) groups is 1. The largest absolute Gasteiger partial charge is 0.408 e. The van der Waals surface area contributed by atoms with Crippen molar-refractivity contribution in [2.24, 2.45) is 17.3 Å². The van der Waals surface area contributed by atoms with Gasteiger partial charge in [0.1, 0.15) is 0 Å². The molecule has 8 nitrogen and oxygen atoms in total. The molecule has 0 N–H and O–H groups in total. The highest BCUT2D eigenvalue weighted by atomic mass is 35.5. The Hall–Kier alpha value is -2.16. The Morgan fingerprint density at radius 2 is 1.84 bits per heavy atom. The average molecular weight is 546 g/mol. The molecule has 2 aromatic rings. The lowest BCUT2D eigenvalue weighted by Crippen LogP contribution is -2.58. The number of halogens is 2. The molecule has 1 saturated heterocycles. The van der Waals surface area contributed by atoms with Crippen LogP contribution in [-0.4, -0.2) is 56.6 Å². The summed E-state index contributed by atoms with van der Waals surface area (Å²) in [6.07, 6.45) is 6.69. The summed E-state index contributed by atoms with van der Waals surface area (Å²) in [5.41, 5.74) is 1.54. The molecule has 1 aliphatic heterocycles. The first-order valence-electron chi connectivity index (χ1n) is 13.3. The number of hydrogen-bond acceptors (Lipinski definition) is 5. The van der Waals surface area contributed by atoms with E-state index in [0.717, 1.165) is 69.9 Å². The van der Waals surface area contributed by atoms with E-state index >= 15 is 0 Å². The third kappa shape index (κ3) is 4.55. The first-order valence-corrected chi connectivity index (χ1v) is 14.1. The SMILES string of the molecule is Cc1c(Cl)c([N+](=O)[O-])nn1C12CC3CC(CC(CC(=O)N4CCN(Cc5cccc(Cl)c5)CC4)(C3)C1)C2. The van der Waals surface area contributed by atoms with Crippen LogP contribution >= 0.6 is 23.2 Å². The molecule has 1 amide bonds. The van der Waals surface area contributed by atoms with E-state index in [1.54, 1.807) is 0 Å². The summed E-state index contributed by atoms with van der Waals surface area (Å²) < 4.78 is 1.87. The predicted molar refractivity (Wildman–Crippen MR) is 142 cm³/mol. The van der Waals surface area contributed by atoms with E-state index in [-0.39, 0.29) is 27.7 Å².